The number of hydrogen-bond donors (Lipinski definition) is 2. The predicted octanol–water partition coefficient (Wildman–Crippen LogP) is 2.07. The Labute approximate surface area is 125 Å². The molecule has 0 amide bonds. The molecule has 1 aliphatic rings. The van der Waals surface area contributed by atoms with E-state index in [9.17, 15) is 5.11 Å². The zero-order valence-electron chi connectivity index (χ0n) is 12.8. The molecule has 0 radical (unpaired) electrons. The smallest absolute Gasteiger partial charge is 0.155 e. The summed E-state index contributed by atoms with van der Waals surface area (Å²) in [5.41, 5.74) is 2.81. The summed E-state index contributed by atoms with van der Waals surface area (Å²) < 4.78 is 1.82. The molecule has 2 atom stereocenters. The third kappa shape index (κ3) is 3.09. The molecular weight excluding hydrogens is 264 g/mol. The molecule has 5 nitrogen and oxygen atoms in total. The first kappa shape index (κ1) is 14.5. The van der Waals surface area contributed by atoms with Crippen molar-refractivity contribution < 1.29 is 5.11 Å². The number of rotatable bonds is 4. The molecule has 5 heteroatoms. The van der Waals surface area contributed by atoms with Crippen molar-refractivity contribution in [2.75, 3.05) is 6.61 Å². The van der Waals surface area contributed by atoms with E-state index in [1.165, 1.54) is 12.8 Å². The lowest BCUT2D eigenvalue weighted by Crippen LogP contribution is -2.51. The van der Waals surface area contributed by atoms with Crippen LogP contribution in [0, 0.1) is 12.8 Å². The fourth-order valence-corrected chi connectivity index (χ4v) is 3.43. The SMILES string of the molecule is Cc1cc2ncc(CNC3(CO)CCCC(C)C3)cn2n1. The van der Waals surface area contributed by atoms with Crippen LogP contribution in [-0.2, 0) is 6.54 Å². The van der Waals surface area contributed by atoms with Crippen molar-refractivity contribution in [3.05, 3.63) is 29.7 Å². The Kier molecular flexibility index (Phi) is 3.95. The highest BCUT2D eigenvalue weighted by molar-refractivity contribution is 5.38. The van der Waals surface area contributed by atoms with Gasteiger partial charge in [-0.15, -0.1) is 0 Å². The van der Waals surface area contributed by atoms with Crippen LogP contribution in [0.4, 0.5) is 0 Å². The summed E-state index contributed by atoms with van der Waals surface area (Å²) in [7, 11) is 0. The number of nitrogens with one attached hydrogen (secondary N) is 1. The highest BCUT2D eigenvalue weighted by Gasteiger charge is 2.33. The summed E-state index contributed by atoms with van der Waals surface area (Å²) in [6, 6.07) is 1.97. The van der Waals surface area contributed by atoms with E-state index in [-0.39, 0.29) is 12.1 Å². The number of aliphatic hydroxyl groups excluding tert-OH is 1. The summed E-state index contributed by atoms with van der Waals surface area (Å²) >= 11 is 0. The third-order valence-corrected chi connectivity index (χ3v) is 4.55. The number of aliphatic hydroxyl groups is 1. The molecule has 0 bridgehead atoms. The van der Waals surface area contributed by atoms with Crippen LogP contribution < -0.4 is 5.32 Å². The molecule has 0 aromatic carbocycles. The van der Waals surface area contributed by atoms with Gasteiger partial charge in [-0.1, -0.05) is 19.8 Å². The minimum Gasteiger partial charge on any atom is -0.394 e. The van der Waals surface area contributed by atoms with Gasteiger partial charge in [-0.2, -0.15) is 5.10 Å². The van der Waals surface area contributed by atoms with Crippen LogP contribution in [0.5, 0.6) is 0 Å². The number of hydrogen-bond acceptors (Lipinski definition) is 4. The second-order valence-corrected chi connectivity index (χ2v) is 6.54. The molecule has 1 saturated carbocycles. The lowest BCUT2D eigenvalue weighted by atomic mass is 9.77. The molecule has 114 valence electrons. The maximum Gasteiger partial charge on any atom is 0.155 e. The third-order valence-electron chi connectivity index (χ3n) is 4.55. The van der Waals surface area contributed by atoms with Crippen LogP contribution in [0.15, 0.2) is 18.5 Å². The van der Waals surface area contributed by atoms with E-state index in [1.807, 2.05) is 29.9 Å². The van der Waals surface area contributed by atoms with Crippen molar-refractivity contribution in [3.8, 4) is 0 Å². The first-order valence-electron chi connectivity index (χ1n) is 7.77. The van der Waals surface area contributed by atoms with Crippen LogP contribution in [0.3, 0.4) is 0 Å². The van der Waals surface area contributed by atoms with Gasteiger partial charge in [0, 0.05) is 36.1 Å². The van der Waals surface area contributed by atoms with E-state index in [4.69, 9.17) is 0 Å². The molecule has 2 aromatic heterocycles. The first-order chi connectivity index (χ1) is 10.1. The topological polar surface area (TPSA) is 62.5 Å². The second kappa shape index (κ2) is 5.73. The molecule has 2 heterocycles. The molecule has 1 aliphatic carbocycles. The van der Waals surface area contributed by atoms with Crippen LogP contribution in [-0.4, -0.2) is 31.9 Å². The van der Waals surface area contributed by atoms with Gasteiger partial charge >= 0.3 is 0 Å². The molecule has 21 heavy (non-hydrogen) atoms. The van der Waals surface area contributed by atoms with E-state index in [0.29, 0.717) is 5.92 Å². The average Bonchev–Trinajstić information content (AvgIpc) is 2.84. The van der Waals surface area contributed by atoms with Crippen LogP contribution in [0.1, 0.15) is 43.9 Å². The lowest BCUT2D eigenvalue weighted by Gasteiger charge is -2.39. The van der Waals surface area contributed by atoms with E-state index < -0.39 is 0 Å². The Morgan fingerprint density at radius 1 is 1.52 bits per heavy atom. The number of aryl methyl sites for hydroxylation is 1. The Bertz CT molecular complexity index is 624. The summed E-state index contributed by atoms with van der Waals surface area (Å²) in [5, 5.41) is 17.8. The van der Waals surface area contributed by atoms with Crippen molar-refractivity contribution in [3.63, 3.8) is 0 Å². The maximum atomic E-state index is 9.82. The largest absolute Gasteiger partial charge is 0.394 e. The van der Waals surface area contributed by atoms with E-state index >= 15 is 0 Å². The predicted molar refractivity (Wildman–Crippen MR) is 82.0 cm³/mol. The molecule has 2 N–H and O–H groups in total. The Morgan fingerprint density at radius 3 is 3.14 bits per heavy atom. The van der Waals surface area contributed by atoms with Gasteiger partial charge in [0.05, 0.1) is 12.3 Å². The lowest BCUT2D eigenvalue weighted by molar-refractivity contribution is 0.0982. The fourth-order valence-electron chi connectivity index (χ4n) is 3.43. The second-order valence-electron chi connectivity index (χ2n) is 6.54. The van der Waals surface area contributed by atoms with Crippen LogP contribution >= 0.6 is 0 Å². The zero-order chi connectivity index (χ0) is 14.9. The Hall–Kier alpha value is -1.46. The standard InChI is InChI=1S/C16H24N4O/c1-12-4-3-5-16(7-12,11-21)18-9-14-8-17-15-6-13(2)19-20(15)10-14/h6,8,10,12,18,21H,3-5,7,9,11H2,1-2H3. The van der Waals surface area contributed by atoms with Gasteiger partial charge in [-0.25, -0.2) is 9.50 Å². The van der Waals surface area contributed by atoms with Gasteiger partial charge < -0.3 is 10.4 Å². The van der Waals surface area contributed by atoms with Crippen molar-refractivity contribution in [1.29, 1.82) is 0 Å². The number of nitrogens with zero attached hydrogens (tertiary/aromatic N) is 3. The molecule has 2 aromatic rings. The average molecular weight is 288 g/mol. The van der Waals surface area contributed by atoms with Gasteiger partial charge in [0.1, 0.15) is 0 Å². The van der Waals surface area contributed by atoms with Crippen molar-refractivity contribution in [2.24, 2.45) is 5.92 Å². The van der Waals surface area contributed by atoms with Crippen LogP contribution in [0.25, 0.3) is 5.65 Å². The minimum absolute atomic E-state index is 0.132. The normalized spacial score (nSPS) is 26.3. The maximum absolute atomic E-state index is 9.82. The highest BCUT2D eigenvalue weighted by atomic mass is 16.3. The summed E-state index contributed by atoms with van der Waals surface area (Å²) in [4.78, 5) is 4.43. The fraction of sp³-hybridized carbons (Fsp3) is 0.625. The molecule has 0 spiro atoms. The van der Waals surface area contributed by atoms with E-state index in [2.05, 4.69) is 22.3 Å². The number of fused-ring (bicyclic) bond motifs is 1. The highest BCUT2D eigenvalue weighted by Crippen LogP contribution is 2.32. The van der Waals surface area contributed by atoms with E-state index in [0.717, 1.165) is 36.3 Å². The Balaban J connectivity index is 1.72. The molecule has 3 rings (SSSR count). The first-order valence-corrected chi connectivity index (χ1v) is 7.77. The molecule has 0 aliphatic heterocycles. The Morgan fingerprint density at radius 2 is 2.38 bits per heavy atom. The molecular formula is C16H24N4O. The van der Waals surface area contributed by atoms with Crippen molar-refractivity contribution in [1.82, 2.24) is 19.9 Å². The summed E-state index contributed by atoms with van der Waals surface area (Å²) in [6.45, 7) is 5.16. The summed E-state index contributed by atoms with van der Waals surface area (Å²) in [5.74, 6) is 0.674. The quantitative estimate of drug-likeness (QED) is 0.904. The van der Waals surface area contributed by atoms with Crippen LogP contribution in [0.2, 0.25) is 0 Å². The molecule has 2 unspecified atom stereocenters. The zero-order valence-corrected chi connectivity index (χ0v) is 12.8. The van der Waals surface area contributed by atoms with Gasteiger partial charge in [-0.05, 0) is 25.7 Å². The number of aromatic nitrogens is 3. The van der Waals surface area contributed by atoms with Gasteiger partial charge in [-0.3, -0.25) is 0 Å². The minimum atomic E-state index is -0.132. The molecule has 0 saturated heterocycles. The molecule has 1 fully saturated rings. The van der Waals surface area contributed by atoms with Crippen molar-refractivity contribution in [2.45, 2.75) is 51.6 Å². The van der Waals surface area contributed by atoms with Gasteiger partial charge in [0.15, 0.2) is 5.65 Å². The summed E-state index contributed by atoms with van der Waals surface area (Å²) in [6.07, 6.45) is 8.44. The van der Waals surface area contributed by atoms with Gasteiger partial charge in [0.2, 0.25) is 0 Å². The van der Waals surface area contributed by atoms with Crippen molar-refractivity contribution >= 4 is 5.65 Å². The monoisotopic (exact) mass is 288 g/mol. The van der Waals surface area contributed by atoms with E-state index in [1.54, 1.807) is 0 Å². The van der Waals surface area contributed by atoms with Gasteiger partial charge in [0.25, 0.3) is 0 Å².